The maximum absolute atomic E-state index is 13.3. The number of hydrogen-bond donors (Lipinski definition) is 2. The van der Waals surface area contributed by atoms with Crippen LogP contribution in [0.1, 0.15) is 6.42 Å². The molecule has 0 saturated carbocycles. The van der Waals surface area contributed by atoms with Crippen LogP contribution >= 0.6 is 11.3 Å². The lowest BCUT2D eigenvalue weighted by Crippen LogP contribution is -2.47. The summed E-state index contributed by atoms with van der Waals surface area (Å²) in [4.78, 5) is 24.1. The van der Waals surface area contributed by atoms with E-state index >= 15 is 0 Å². The predicted octanol–water partition coefficient (Wildman–Crippen LogP) is -0.549. The molecule has 0 bridgehead atoms. The van der Waals surface area contributed by atoms with Crippen LogP contribution in [-0.4, -0.2) is 50.4 Å². The van der Waals surface area contributed by atoms with Crippen LogP contribution in [-0.2, 0) is 19.6 Å². The quantitative estimate of drug-likeness (QED) is 0.752. The number of nitrogens with one attached hydrogen (secondary N) is 1. The Labute approximate surface area is 125 Å². The highest BCUT2D eigenvalue weighted by Crippen LogP contribution is 2.20. The van der Waals surface area contributed by atoms with Gasteiger partial charge in [0.05, 0.1) is 13.1 Å². The lowest BCUT2D eigenvalue weighted by atomic mass is 10.2. The van der Waals surface area contributed by atoms with Gasteiger partial charge in [0.1, 0.15) is 16.4 Å². The minimum absolute atomic E-state index is 0.0755. The zero-order chi connectivity index (χ0) is 15.6. The highest BCUT2D eigenvalue weighted by Gasteiger charge is 2.38. The SMILES string of the molecule is NC(=O)[C@@H]1C[C@@H](F)CN1C(=O)CNS(=O)(=O)c1cccs1. The number of nitrogens with two attached hydrogens (primary N) is 1. The summed E-state index contributed by atoms with van der Waals surface area (Å²) in [7, 11) is -3.78. The largest absolute Gasteiger partial charge is 0.368 e. The second-order valence-corrected chi connectivity index (χ2v) is 7.50. The second kappa shape index (κ2) is 6.08. The van der Waals surface area contributed by atoms with Crippen molar-refractivity contribution in [1.29, 1.82) is 0 Å². The Hall–Kier alpha value is -1.52. The Balaban J connectivity index is 2.00. The summed E-state index contributed by atoms with van der Waals surface area (Å²) >= 11 is 1.01. The summed E-state index contributed by atoms with van der Waals surface area (Å²) in [6, 6.07) is 1.94. The number of sulfonamides is 1. The van der Waals surface area contributed by atoms with Crippen LogP contribution in [0.5, 0.6) is 0 Å². The van der Waals surface area contributed by atoms with Crippen molar-refractivity contribution < 1.29 is 22.4 Å². The van der Waals surface area contributed by atoms with Crippen molar-refractivity contribution in [2.24, 2.45) is 5.73 Å². The van der Waals surface area contributed by atoms with Crippen LogP contribution in [0.3, 0.4) is 0 Å². The maximum Gasteiger partial charge on any atom is 0.250 e. The average molecular weight is 335 g/mol. The van der Waals surface area contributed by atoms with Crippen molar-refractivity contribution in [2.45, 2.75) is 22.8 Å². The summed E-state index contributed by atoms with van der Waals surface area (Å²) in [5, 5.41) is 1.59. The van der Waals surface area contributed by atoms with Crippen LogP contribution in [0.4, 0.5) is 4.39 Å². The molecule has 2 atom stereocenters. The predicted molar refractivity (Wildman–Crippen MR) is 73.7 cm³/mol. The van der Waals surface area contributed by atoms with Crippen LogP contribution in [0.25, 0.3) is 0 Å². The van der Waals surface area contributed by atoms with Crippen molar-refractivity contribution >= 4 is 33.2 Å². The Morgan fingerprint density at radius 3 is 2.81 bits per heavy atom. The van der Waals surface area contributed by atoms with Crippen molar-refractivity contribution in [3.63, 3.8) is 0 Å². The molecular formula is C11H14FN3O4S2. The molecule has 1 aromatic rings. The fourth-order valence-electron chi connectivity index (χ4n) is 2.08. The molecule has 2 amide bonds. The van der Waals surface area contributed by atoms with E-state index in [0.29, 0.717) is 0 Å². The van der Waals surface area contributed by atoms with Crippen molar-refractivity contribution in [1.82, 2.24) is 9.62 Å². The zero-order valence-corrected chi connectivity index (χ0v) is 12.5. The number of carbonyl (C=O) groups excluding carboxylic acids is 2. The number of thiophene rings is 1. The summed E-state index contributed by atoms with van der Waals surface area (Å²) in [6.07, 6.45) is -1.49. The molecule has 0 aliphatic carbocycles. The molecule has 21 heavy (non-hydrogen) atoms. The van der Waals surface area contributed by atoms with Gasteiger partial charge in [0.2, 0.25) is 11.8 Å². The van der Waals surface area contributed by atoms with Gasteiger partial charge in [-0.1, -0.05) is 6.07 Å². The highest BCUT2D eigenvalue weighted by molar-refractivity contribution is 7.91. The normalized spacial score (nSPS) is 22.4. The van der Waals surface area contributed by atoms with Gasteiger partial charge < -0.3 is 10.6 Å². The number of amides is 2. The van der Waals surface area contributed by atoms with Gasteiger partial charge in [-0.3, -0.25) is 9.59 Å². The second-order valence-electron chi connectivity index (χ2n) is 4.55. The van der Waals surface area contributed by atoms with Crippen molar-refractivity contribution in [3.8, 4) is 0 Å². The molecule has 1 aliphatic heterocycles. The van der Waals surface area contributed by atoms with E-state index in [4.69, 9.17) is 5.73 Å². The molecule has 10 heteroatoms. The fraction of sp³-hybridized carbons (Fsp3) is 0.455. The molecule has 1 aliphatic rings. The summed E-state index contributed by atoms with van der Waals surface area (Å²) in [5.74, 6) is -1.48. The van der Waals surface area contributed by atoms with E-state index in [2.05, 4.69) is 4.72 Å². The number of halogens is 1. The third-order valence-corrected chi connectivity index (χ3v) is 5.87. The van der Waals surface area contributed by atoms with Crippen LogP contribution < -0.4 is 10.5 Å². The van der Waals surface area contributed by atoms with Gasteiger partial charge in [-0.15, -0.1) is 11.3 Å². The van der Waals surface area contributed by atoms with E-state index in [1.165, 1.54) is 6.07 Å². The van der Waals surface area contributed by atoms with Crippen LogP contribution in [0, 0.1) is 0 Å². The molecule has 116 valence electrons. The number of likely N-dealkylation sites (tertiary alicyclic amines) is 1. The molecule has 0 aromatic carbocycles. The average Bonchev–Trinajstić information content (AvgIpc) is 3.05. The van der Waals surface area contributed by atoms with Crippen LogP contribution in [0.15, 0.2) is 21.7 Å². The lowest BCUT2D eigenvalue weighted by Gasteiger charge is -2.21. The smallest absolute Gasteiger partial charge is 0.250 e. The number of rotatable bonds is 5. The van der Waals surface area contributed by atoms with E-state index in [1.807, 2.05) is 0 Å². The molecule has 3 N–H and O–H groups in total. The van der Waals surface area contributed by atoms with Gasteiger partial charge in [0, 0.05) is 6.42 Å². The first kappa shape index (κ1) is 15.9. The summed E-state index contributed by atoms with van der Waals surface area (Å²) in [6.45, 7) is -0.802. The van der Waals surface area contributed by atoms with E-state index in [-0.39, 0.29) is 17.2 Å². The van der Waals surface area contributed by atoms with E-state index in [9.17, 15) is 22.4 Å². The Morgan fingerprint density at radius 1 is 1.52 bits per heavy atom. The molecule has 0 unspecified atom stereocenters. The Bertz CT molecular complexity index is 632. The first-order valence-corrected chi connectivity index (χ1v) is 8.43. The minimum atomic E-state index is -3.78. The molecule has 0 radical (unpaired) electrons. The summed E-state index contributed by atoms with van der Waals surface area (Å²) in [5.41, 5.74) is 5.11. The van der Waals surface area contributed by atoms with Crippen molar-refractivity contribution in [3.05, 3.63) is 17.5 Å². The van der Waals surface area contributed by atoms with Gasteiger partial charge in [0.25, 0.3) is 10.0 Å². The molecule has 2 rings (SSSR count). The number of nitrogens with zero attached hydrogens (tertiary/aromatic N) is 1. The number of alkyl halides is 1. The zero-order valence-electron chi connectivity index (χ0n) is 10.9. The molecule has 1 saturated heterocycles. The molecule has 1 fully saturated rings. The number of primary amides is 1. The minimum Gasteiger partial charge on any atom is -0.368 e. The van der Waals surface area contributed by atoms with Gasteiger partial charge in [0.15, 0.2) is 0 Å². The third-order valence-electron chi connectivity index (χ3n) is 3.07. The standard InChI is InChI=1S/C11H14FN3O4S2/c12-7-4-8(11(13)17)15(6-7)9(16)5-14-21(18,19)10-2-1-3-20-10/h1-3,7-8,14H,4-6H2,(H2,13,17)/t7-,8+/m1/s1. The van der Waals surface area contributed by atoms with E-state index in [0.717, 1.165) is 16.2 Å². The molecule has 1 aromatic heterocycles. The lowest BCUT2D eigenvalue weighted by molar-refractivity contribution is -0.136. The fourth-order valence-corrected chi connectivity index (χ4v) is 4.09. The van der Waals surface area contributed by atoms with Gasteiger partial charge in [-0.05, 0) is 11.4 Å². The molecule has 7 nitrogen and oxygen atoms in total. The Kier molecular flexibility index (Phi) is 4.59. The van der Waals surface area contributed by atoms with Gasteiger partial charge >= 0.3 is 0 Å². The third kappa shape index (κ3) is 3.57. The van der Waals surface area contributed by atoms with Gasteiger partial charge in [-0.2, -0.15) is 0 Å². The Morgan fingerprint density at radius 2 is 2.24 bits per heavy atom. The summed E-state index contributed by atoms with van der Waals surface area (Å²) < 4.78 is 39.2. The van der Waals surface area contributed by atoms with E-state index in [1.54, 1.807) is 11.4 Å². The number of hydrogen-bond acceptors (Lipinski definition) is 5. The first-order chi connectivity index (χ1) is 9.81. The molecule has 0 spiro atoms. The topological polar surface area (TPSA) is 110 Å². The molecule has 2 heterocycles. The monoisotopic (exact) mass is 335 g/mol. The first-order valence-electron chi connectivity index (χ1n) is 6.07. The van der Waals surface area contributed by atoms with Crippen LogP contribution in [0.2, 0.25) is 0 Å². The maximum atomic E-state index is 13.3. The number of carbonyl (C=O) groups is 2. The highest BCUT2D eigenvalue weighted by atomic mass is 32.2. The van der Waals surface area contributed by atoms with Crippen molar-refractivity contribution in [2.75, 3.05) is 13.1 Å². The van der Waals surface area contributed by atoms with E-state index < -0.39 is 40.6 Å². The molecular weight excluding hydrogens is 321 g/mol. The van der Waals surface area contributed by atoms with Gasteiger partial charge in [-0.25, -0.2) is 17.5 Å².